The van der Waals surface area contributed by atoms with E-state index in [4.69, 9.17) is 21.1 Å². The molecule has 3 aromatic carbocycles. The highest BCUT2D eigenvalue weighted by Crippen LogP contribution is 2.33. The van der Waals surface area contributed by atoms with E-state index in [-0.39, 0.29) is 30.3 Å². The molecule has 0 spiro atoms. The minimum Gasteiger partial charge on any atom is -0.497 e. The highest BCUT2D eigenvalue weighted by atomic mass is 35.5. The monoisotopic (exact) mass is 518 g/mol. The van der Waals surface area contributed by atoms with Crippen LogP contribution in [0.5, 0.6) is 11.5 Å². The van der Waals surface area contributed by atoms with Crippen molar-refractivity contribution in [3.8, 4) is 11.5 Å². The summed E-state index contributed by atoms with van der Waals surface area (Å²) in [6.45, 7) is 0. The Kier molecular flexibility index (Phi) is 8.86. The Morgan fingerprint density at radius 3 is 2.22 bits per heavy atom. The number of methoxy groups -OCH3 is 2. The van der Waals surface area contributed by atoms with Gasteiger partial charge in [0.25, 0.3) is 0 Å². The van der Waals surface area contributed by atoms with Crippen molar-refractivity contribution >= 4 is 23.4 Å². The molecule has 0 unspecified atom stereocenters. The minimum atomic E-state index is -0.648. The highest BCUT2D eigenvalue weighted by molar-refractivity contribution is 6.30. The van der Waals surface area contributed by atoms with Crippen molar-refractivity contribution in [1.29, 1.82) is 0 Å². The SMILES string of the molecule is COc1ccc([C@H]2C/C=C\C[C@H](c3cccc(Cl)c3)NC(=O)[C@H](c3ccccc3)CC(=O)N2)c(OC)c1. The molecule has 0 aromatic heterocycles. The molecule has 0 saturated heterocycles. The quantitative estimate of drug-likeness (QED) is 0.412. The minimum absolute atomic E-state index is 0.0107. The molecular weight excluding hydrogens is 488 g/mol. The third-order valence-corrected chi connectivity index (χ3v) is 6.77. The van der Waals surface area contributed by atoms with Crippen LogP contribution >= 0.6 is 11.6 Å². The number of hydrogen-bond donors (Lipinski definition) is 2. The molecule has 0 radical (unpaired) electrons. The summed E-state index contributed by atoms with van der Waals surface area (Å²) in [4.78, 5) is 26.9. The topological polar surface area (TPSA) is 76.7 Å². The first kappa shape index (κ1) is 26.3. The molecular formula is C30H31ClN2O4. The molecule has 6 nitrogen and oxygen atoms in total. The van der Waals surface area contributed by atoms with Crippen LogP contribution in [0.2, 0.25) is 5.02 Å². The molecule has 1 heterocycles. The van der Waals surface area contributed by atoms with Crippen molar-refractivity contribution in [2.45, 2.75) is 37.3 Å². The van der Waals surface area contributed by atoms with Crippen molar-refractivity contribution in [3.63, 3.8) is 0 Å². The molecule has 1 aliphatic rings. The summed E-state index contributed by atoms with van der Waals surface area (Å²) in [5, 5.41) is 6.89. The zero-order valence-electron chi connectivity index (χ0n) is 20.9. The maximum absolute atomic E-state index is 13.6. The lowest BCUT2D eigenvalue weighted by atomic mass is 9.92. The van der Waals surface area contributed by atoms with Crippen molar-refractivity contribution in [3.05, 3.63) is 107 Å². The average Bonchev–Trinajstić information content (AvgIpc) is 2.92. The number of ether oxygens (including phenoxy) is 2. The number of hydrogen-bond acceptors (Lipinski definition) is 4. The summed E-state index contributed by atoms with van der Waals surface area (Å²) in [5.41, 5.74) is 2.53. The molecule has 0 aliphatic carbocycles. The summed E-state index contributed by atoms with van der Waals surface area (Å²) in [7, 11) is 3.19. The highest BCUT2D eigenvalue weighted by Gasteiger charge is 2.28. The average molecular weight is 519 g/mol. The Hall–Kier alpha value is -3.77. The normalized spacial score (nSPS) is 21.5. The summed E-state index contributed by atoms with van der Waals surface area (Å²) in [5.74, 6) is 0.212. The third-order valence-electron chi connectivity index (χ3n) is 6.54. The predicted octanol–water partition coefficient (Wildman–Crippen LogP) is 5.90. The smallest absolute Gasteiger partial charge is 0.228 e. The van der Waals surface area contributed by atoms with Crippen molar-refractivity contribution in [2.24, 2.45) is 0 Å². The molecule has 2 amide bonds. The molecule has 7 heteroatoms. The maximum Gasteiger partial charge on any atom is 0.228 e. The van der Waals surface area contributed by atoms with Gasteiger partial charge in [-0.1, -0.05) is 66.2 Å². The van der Waals surface area contributed by atoms with Gasteiger partial charge in [0.05, 0.1) is 32.2 Å². The Morgan fingerprint density at radius 2 is 1.51 bits per heavy atom. The molecule has 37 heavy (non-hydrogen) atoms. The van der Waals surface area contributed by atoms with E-state index >= 15 is 0 Å². The molecule has 3 atom stereocenters. The van der Waals surface area contributed by atoms with Crippen LogP contribution in [-0.2, 0) is 9.59 Å². The van der Waals surface area contributed by atoms with E-state index in [9.17, 15) is 9.59 Å². The Balaban J connectivity index is 1.71. The molecule has 0 fully saturated rings. The van der Waals surface area contributed by atoms with Gasteiger partial charge in [-0.3, -0.25) is 9.59 Å². The number of carbonyl (C=O) groups is 2. The zero-order chi connectivity index (χ0) is 26.2. The Morgan fingerprint density at radius 1 is 0.784 bits per heavy atom. The van der Waals surface area contributed by atoms with Gasteiger partial charge in [0.2, 0.25) is 11.8 Å². The van der Waals surface area contributed by atoms with E-state index in [1.54, 1.807) is 20.3 Å². The van der Waals surface area contributed by atoms with E-state index in [0.29, 0.717) is 29.4 Å². The zero-order valence-corrected chi connectivity index (χ0v) is 21.7. The molecule has 0 saturated carbocycles. The summed E-state index contributed by atoms with van der Waals surface area (Å²) in [6, 6.07) is 21.8. The van der Waals surface area contributed by atoms with Gasteiger partial charge >= 0.3 is 0 Å². The summed E-state index contributed by atoms with van der Waals surface area (Å²) >= 11 is 6.26. The van der Waals surface area contributed by atoms with Crippen molar-refractivity contribution < 1.29 is 19.1 Å². The standard InChI is InChI=1S/C30H31ClN2O4/c1-36-23-15-16-24(28(18-23)37-2)27-14-7-6-13-26(21-11-8-12-22(31)17-21)33-30(35)25(19-29(34)32-27)20-9-4-3-5-10-20/h3-12,15-18,25-27H,13-14,19H2,1-2H3,(H,32,34)(H,33,35)/b7-6-/t25-,26+,27+/m0/s1. The number of rotatable bonds is 5. The first-order valence-electron chi connectivity index (χ1n) is 12.3. The van der Waals surface area contributed by atoms with Crippen LogP contribution in [0.15, 0.2) is 84.9 Å². The molecule has 0 bridgehead atoms. The molecule has 1 aliphatic heterocycles. The number of halogens is 1. The fraction of sp³-hybridized carbons (Fsp3) is 0.267. The Bertz CT molecular complexity index is 1260. The number of nitrogens with one attached hydrogen (secondary N) is 2. The lowest BCUT2D eigenvalue weighted by Gasteiger charge is -2.26. The fourth-order valence-corrected chi connectivity index (χ4v) is 4.79. The Labute approximate surface area is 222 Å². The van der Waals surface area contributed by atoms with Crippen LogP contribution in [0, 0.1) is 0 Å². The fourth-order valence-electron chi connectivity index (χ4n) is 4.59. The van der Waals surface area contributed by atoms with Gasteiger partial charge in [-0.05, 0) is 48.2 Å². The lowest BCUT2D eigenvalue weighted by Crippen LogP contribution is -2.37. The number of amides is 2. The molecule has 4 rings (SSSR count). The largest absolute Gasteiger partial charge is 0.497 e. The van der Waals surface area contributed by atoms with Gasteiger partial charge in [0, 0.05) is 23.1 Å². The summed E-state index contributed by atoms with van der Waals surface area (Å²) < 4.78 is 10.9. The first-order valence-corrected chi connectivity index (χ1v) is 12.6. The van der Waals surface area contributed by atoms with Crippen LogP contribution in [0.1, 0.15) is 54.0 Å². The summed E-state index contributed by atoms with van der Waals surface area (Å²) in [6.07, 6.45) is 5.19. The molecule has 3 aromatic rings. The van der Waals surface area contributed by atoms with E-state index < -0.39 is 5.92 Å². The van der Waals surface area contributed by atoms with E-state index in [0.717, 1.165) is 16.7 Å². The van der Waals surface area contributed by atoms with Gasteiger partial charge in [-0.2, -0.15) is 0 Å². The first-order chi connectivity index (χ1) is 18.0. The van der Waals surface area contributed by atoms with Crippen LogP contribution in [0.4, 0.5) is 0 Å². The molecule has 192 valence electrons. The van der Waals surface area contributed by atoms with Gasteiger partial charge in [-0.25, -0.2) is 0 Å². The van der Waals surface area contributed by atoms with E-state index in [1.807, 2.05) is 78.9 Å². The van der Waals surface area contributed by atoms with Gasteiger partial charge in [0.15, 0.2) is 0 Å². The third kappa shape index (κ3) is 6.71. The van der Waals surface area contributed by atoms with E-state index in [2.05, 4.69) is 10.6 Å². The van der Waals surface area contributed by atoms with Gasteiger partial charge in [0.1, 0.15) is 11.5 Å². The second-order valence-corrected chi connectivity index (χ2v) is 9.39. The number of benzene rings is 3. The van der Waals surface area contributed by atoms with Gasteiger partial charge < -0.3 is 20.1 Å². The second kappa shape index (κ2) is 12.5. The van der Waals surface area contributed by atoms with Crippen LogP contribution in [0.25, 0.3) is 0 Å². The second-order valence-electron chi connectivity index (χ2n) is 8.95. The number of carbonyl (C=O) groups excluding carboxylic acids is 2. The maximum atomic E-state index is 13.6. The van der Waals surface area contributed by atoms with Crippen molar-refractivity contribution in [2.75, 3.05) is 14.2 Å². The van der Waals surface area contributed by atoms with Crippen LogP contribution in [-0.4, -0.2) is 26.0 Å². The van der Waals surface area contributed by atoms with E-state index in [1.165, 1.54) is 0 Å². The van der Waals surface area contributed by atoms with Gasteiger partial charge in [-0.15, -0.1) is 0 Å². The van der Waals surface area contributed by atoms with Crippen molar-refractivity contribution in [1.82, 2.24) is 10.6 Å². The predicted molar refractivity (Wildman–Crippen MR) is 145 cm³/mol. The molecule has 2 N–H and O–H groups in total. The van der Waals surface area contributed by atoms with Crippen LogP contribution < -0.4 is 20.1 Å². The lowest BCUT2D eigenvalue weighted by molar-refractivity contribution is -0.128. The van der Waals surface area contributed by atoms with Crippen LogP contribution in [0.3, 0.4) is 0 Å².